The predicted molar refractivity (Wildman–Crippen MR) is 208 cm³/mol. The molecule has 8 nitrogen and oxygen atoms in total. The maximum absolute atomic E-state index is 12.6. The van der Waals surface area contributed by atoms with E-state index in [2.05, 4.69) is 26.0 Å². The number of carbonyl (C=O) groups excluding carboxylic acids is 3. The van der Waals surface area contributed by atoms with Crippen molar-refractivity contribution in [3.63, 3.8) is 0 Å². The maximum atomic E-state index is 12.6. The van der Waals surface area contributed by atoms with Crippen molar-refractivity contribution >= 4 is 17.9 Å². The van der Waals surface area contributed by atoms with Gasteiger partial charge in [-0.1, -0.05) is 148 Å². The van der Waals surface area contributed by atoms with Gasteiger partial charge in [0, 0.05) is 19.3 Å². The minimum absolute atomic E-state index is 0.0445. The van der Waals surface area contributed by atoms with Crippen molar-refractivity contribution in [3.05, 3.63) is 12.2 Å². The van der Waals surface area contributed by atoms with Crippen molar-refractivity contribution in [3.8, 4) is 0 Å². The Morgan fingerprint density at radius 1 is 0.569 bits per heavy atom. The van der Waals surface area contributed by atoms with E-state index in [0.717, 1.165) is 38.5 Å². The lowest BCUT2D eigenvalue weighted by atomic mass is 10.1. The second-order valence-corrected chi connectivity index (χ2v) is 15.6. The van der Waals surface area contributed by atoms with Crippen LogP contribution in [0.4, 0.5) is 0 Å². The molecule has 0 amide bonds. The molecule has 0 spiro atoms. The Balaban J connectivity index is 4.30. The van der Waals surface area contributed by atoms with Crippen LogP contribution >= 0.6 is 0 Å². The summed E-state index contributed by atoms with van der Waals surface area (Å²) in [7, 11) is 5.40. The highest BCUT2D eigenvalue weighted by Crippen LogP contribution is 2.14. The van der Waals surface area contributed by atoms with Crippen LogP contribution in [0.1, 0.15) is 194 Å². The molecule has 0 aromatic heterocycles. The van der Waals surface area contributed by atoms with Crippen molar-refractivity contribution < 1.29 is 38.2 Å². The van der Waals surface area contributed by atoms with Gasteiger partial charge in [0.05, 0.1) is 40.3 Å². The lowest BCUT2D eigenvalue weighted by Crippen LogP contribution is -2.55. The Morgan fingerprint density at radius 3 is 1.41 bits per heavy atom. The van der Waals surface area contributed by atoms with E-state index in [9.17, 15) is 19.5 Å². The van der Waals surface area contributed by atoms with Crippen LogP contribution in [0.5, 0.6) is 0 Å². The molecule has 2 unspecified atom stereocenters. The van der Waals surface area contributed by atoms with Crippen LogP contribution in [0, 0.1) is 0 Å². The molecule has 8 heteroatoms. The first kappa shape index (κ1) is 49.1. The van der Waals surface area contributed by atoms with Gasteiger partial charge in [0.25, 0.3) is 0 Å². The van der Waals surface area contributed by atoms with Crippen LogP contribution in [0.25, 0.3) is 0 Å². The molecule has 0 aromatic rings. The van der Waals surface area contributed by atoms with E-state index in [1.54, 1.807) is 21.1 Å². The van der Waals surface area contributed by atoms with E-state index in [0.29, 0.717) is 12.8 Å². The van der Waals surface area contributed by atoms with Gasteiger partial charge in [0.1, 0.15) is 12.6 Å². The summed E-state index contributed by atoms with van der Waals surface area (Å²) in [6.45, 7) is 4.65. The number of nitrogens with zero attached hydrogens (tertiary/aromatic N) is 1. The fraction of sp³-hybridized carbons (Fsp3) is 0.884. The summed E-state index contributed by atoms with van der Waals surface area (Å²) in [6.07, 6.45) is 35.2. The third-order valence-electron chi connectivity index (χ3n) is 9.65. The number of hydrogen-bond acceptors (Lipinski definition) is 7. The summed E-state index contributed by atoms with van der Waals surface area (Å²) >= 11 is 0. The van der Waals surface area contributed by atoms with E-state index in [1.807, 2.05) is 0 Å². The summed E-state index contributed by atoms with van der Waals surface area (Å²) in [5, 5.41) is 11.6. The van der Waals surface area contributed by atoms with Crippen LogP contribution in [0.2, 0.25) is 0 Å². The largest absolute Gasteiger partial charge is 0.544 e. The SMILES string of the molecule is CCCCCCCC/C=C/CCCCCCCCCC(=O)OCC(COCCC(C(=O)[O-])[N+](C)(C)C)OC(=O)CCCCCCCCCCCC. The Morgan fingerprint density at radius 2 is 0.980 bits per heavy atom. The molecule has 0 aliphatic rings. The fourth-order valence-electron chi connectivity index (χ4n) is 6.30. The van der Waals surface area contributed by atoms with E-state index in [1.165, 1.54) is 122 Å². The minimum Gasteiger partial charge on any atom is -0.544 e. The Bertz CT molecular complexity index is 854. The molecule has 0 aliphatic heterocycles. The highest BCUT2D eigenvalue weighted by atomic mass is 16.6. The minimum atomic E-state index is -1.12. The van der Waals surface area contributed by atoms with E-state index in [4.69, 9.17) is 14.2 Å². The molecule has 0 radical (unpaired) electrons. The number of carboxylic acid groups (broad SMARTS) is 1. The molecule has 2 atom stereocenters. The summed E-state index contributed by atoms with van der Waals surface area (Å²) in [5.41, 5.74) is 0. The van der Waals surface area contributed by atoms with Gasteiger partial charge in [-0.05, 0) is 38.5 Å². The quantitative estimate of drug-likeness (QED) is 0.0271. The predicted octanol–water partition coefficient (Wildman–Crippen LogP) is 9.80. The molecule has 0 N–H and O–H groups in total. The average Bonchev–Trinajstić information content (AvgIpc) is 3.08. The van der Waals surface area contributed by atoms with Crippen molar-refractivity contribution in [2.45, 2.75) is 206 Å². The number of ether oxygens (including phenoxy) is 3. The molecule has 0 rings (SSSR count). The van der Waals surface area contributed by atoms with Crippen LogP contribution in [0.3, 0.4) is 0 Å². The summed E-state index contributed by atoms with van der Waals surface area (Å²) in [4.78, 5) is 36.7. The van der Waals surface area contributed by atoms with Crippen molar-refractivity contribution in [2.24, 2.45) is 0 Å². The first-order valence-electron chi connectivity index (χ1n) is 21.2. The van der Waals surface area contributed by atoms with Gasteiger partial charge in [0.15, 0.2) is 6.10 Å². The third kappa shape index (κ3) is 33.6. The number of carbonyl (C=O) groups is 3. The van der Waals surface area contributed by atoms with Crippen LogP contribution < -0.4 is 5.11 Å². The van der Waals surface area contributed by atoms with Crippen LogP contribution in [-0.2, 0) is 28.6 Å². The van der Waals surface area contributed by atoms with Crippen molar-refractivity contribution in [1.82, 2.24) is 0 Å². The molecule has 0 bridgehead atoms. The third-order valence-corrected chi connectivity index (χ3v) is 9.65. The second-order valence-electron chi connectivity index (χ2n) is 15.6. The molecular formula is C43H81NO7. The number of likely N-dealkylation sites (N-methyl/N-ethyl adjacent to an activating group) is 1. The molecular weight excluding hydrogens is 642 g/mol. The topological polar surface area (TPSA) is 102 Å². The highest BCUT2D eigenvalue weighted by molar-refractivity contribution is 5.70. The number of quaternary nitrogens is 1. The lowest BCUT2D eigenvalue weighted by molar-refractivity contribution is -0.889. The van der Waals surface area contributed by atoms with Gasteiger partial charge in [-0.2, -0.15) is 0 Å². The maximum Gasteiger partial charge on any atom is 0.306 e. The molecule has 0 aromatic carbocycles. The zero-order valence-corrected chi connectivity index (χ0v) is 34.0. The number of allylic oxidation sites excluding steroid dienone is 2. The van der Waals surface area contributed by atoms with Gasteiger partial charge in [-0.15, -0.1) is 0 Å². The number of unbranched alkanes of at least 4 members (excludes halogenated alkanes) is 22. The second kappa shape index (κ2) is 35.1. The number of rotatable bonds is 38. The molecule has 0 aliphatic carbocycles. The Hall–Kier alpha value is -1.93. The molecule has 0 saturated heterocycles. The van der Waals surface area contributed by atoms with Crippen LogP contribution in [-0.4, -0.2) is 75.5 Å². The normalized spacial score (nSPS) is 13.0. The van der Waals surface area contributed by atoms with Gasteiger partial charge < -0.3 is 28.6 Å². The smallest absolute Gasteiger partial charge is 0.306 e. The van der Waals surface area contributed by atoms with Crippen molar-refractivity contribution in [1.29, 1.82) is 0 Å². The summed E-state index contributed by atoms with van der Waals surface area (Å²) in [6, 6.07) is -0.720. The monoisotopic (exact) mass is 724 g/mol. The van der Waals surface area contributed by atoms with Gasteiger partial charge in [0.2, 0.25) is 0 Å². The summed E-state index contributed by atoms with van der Waals surface area (Å²) < 4.78 is 17.1. The van der Waals surface area contributed by atoms with E-state index in [-0.39, 0.29) is 42.7 Å². The first-order valence-corrected chi connectivity index (χ1v) is 21.2. The average molecular weight is 724 g/mol. The lowest BCUT2D eigenvalue weighted by Gasteiger charge is -2.34. The van der Waals surface area contributed by atoms with Crippen LogP contribution in [0.15, 0.2) is 12.2 Å². The zero-order valence-electron chi connectivity index (χ0n) is 34.0. The Labute approximate surface area is 314 Å². The molecule has 0 saturated carbocycles. The number of esters is 2. The molecule has 300 valence electrons. The standard InChI is InChI=1S/C43H81NO7/c1-6-8-10-12-14-16-18-19-20-21-22-23-24-26-27-29-31-33-41(45)50-38-39(37-49-36-35-40(43(47)48)44(3,4)5)51-42(46)34-32-30-28-25-17-15-13-11-9-7-2/h19-20,39-40H,6-18,21-38H2,1-5H3/b20-19+. The number of aliphatic carboxylic acids is 1. The number of hydrogen-bond donors (Lipinski definition) is 0. The number of carboxylic acids is 1. The molecule has 0 fully saturated rings. The highest BCUT2D eigenvalue weighted by Gasteiger charge is 2.25. The summed E-state index contributed by atoms with van der Waals surface area (Å²) in [5.74, 6) is -1.73. The molecule has 0 heterocycles. The fourth-order valence-corrected chi connectivity index (χ4v) is 6.30. The van der Waals surface area contributed by atoms with Gasteiger partial charge >= 0.3 is 11.9 Å². The van der Waals surface area contributed by atoms with Gasteiger partial charge in [-0.3, -0.25) is 9.59 Å². The first-order chi connectivity index (χ1) is 24.6. The molecule has 51 heavy (non-hydrogen) atoms. The van der Waals surface area contributed by atoms with Crippen molar-refractivity contribution in [2.75, 3.05) is 41.0 Å². The van der Waals surface area contributed by atoms with E-state index >= 15 is 0 Å². The van der Waals surface area contributed by atoms with Gasteiger partial charge in [-0.25, -0.2) is 0 Å². The van der Waals surface area contributed by atoms with E-state index < -0.39 is 18.1 Å². The Kier molecular flexibility index (Phi) is 33.8. The zero-order chi connectivity index (χ0) is 37.8.